The van der Waals surface area contributed by atoms with Crippen LogP contribution in [-0.2, 0) is 9.53 Å². The Hall–Kier alpha value is -1.51. The Morgan fingerprint density at radius 3 is 2.35 bits per heavy atom. The van der Waals surface area contributed by atoms with E-state index in [0.29, 0.717) is 12.5 Å². The molecule has 1 aromatic carbocycles. The molecule has 0 N–H and O–H groups in total. The van der Waals surface area contributed by atoms with Gasteiger partial charge in [0, 0.05) is 5.92 Å². The van der Waals surface area contributed by atoms with Crippen molar-refractivity contribution in [2.75, 3.05) is 13.7 Å². The van der Waals surface area contributed by atoms with Gasteiger partial charge in [0.25, 0.3) is 0 Å². The summed E-state index contributed by atoms with van der Waals surface area (Å²) in [7, 11) is 1.66. The number of benzene rings is 1. The minimum absolute atomic E-state index is 0.0395. The second-order valence-corrected chi connectivity index (χ2v) is 5.91. The molecule has 20 heavy (non-hydrogen) atoms. The molecule has 112 valence electrons. The molecule has 0 aliphatic rings. The first-order valence-electron chi connectivity index (χ1n) is 7.16. The Balaban J connectivity index is 3.27. The van der Waals surface area contributed by atoms with Gasteiger partial charge in [0.05, 0.1) is 19.1 Å². The zero-order chi connectivity index (χ0) is 15.3. The first-order valence-corrected chi connectivity index (χ1v) is 7.16. The van der Waals surface area contributed by atoms with Gasteiger partial charge < -0.3 is 9.47 Å². The third kappa shape index (κ3) is 3.33. The van der Waals surface area contributed by atoms with E-state index in [9.17, 15) is 4.79 Å². The fraction of sp³-hybridized carbons (Fsp3) is 0.588. The zero-order valence-corrected chi connectivity index (χ0v) is 13.4. The largest absolute Gasteiger partial charge is 0.496 e. The molecule has 0 aliphatic heterocycles. The maximum Gasteiger partial charge on any atom is 0.312 e. The number of hydrogen-bond acceptors (Lipinski definition) is 3. The smallest absolute Gasteiger partial charge is 0.312 e. The molecule has 0 saturated heterocycles. The molecule has 0 aromatic heterocycles. The molecular formula is C17H26O3. The number of rotatable bonds is 6. The number of carbonyl (C=O) groups is 1. The first-order chi connectivity index (χ1) is 9.36. The molecule has 3 heteroatoms. The van der Waals surface area contributed by atoms with Crippen LogP contribution >= 0.6 is 0 Å². The highest BCUT2D eigenvalue weighted by atomic mass is 16.5. The van der Waals surface area contributed by atoms with Crippen LogP contribution in [0, 0.1) is 11.3 Å². The van der Waals surface area contributed by atoms with Gasteiger partial charge in [0.15, 0.2) is 0 Å². The van der Waals surface area contributed by atoms with Gasteiger partial charge in [-0.2, -0.15) is 0 Å². The average molecular weight is 278 g/mol. The van der Waals surface area contributed by atoms with Crippen LogP contribution < -0.4 is 4.74 Å². The number of methoxy groups -OCH3 is 1. The molecule has 1 aromatic rings. The zero-order valence-electron chi connectivity index (χ0n) is 13.4. The van der Waals surface area contributed by atoms with Crippen LogP contribution in [0.15, 0.2) is 24.3 Å². The van der Waals surface area contributed by atoms with Crippen molar-refractivity contribution in [1.29, 1.82) is 0 Å². The Morgan fingerprint density at radius 1 is 1.25 bits per heavy atom. The molecule has 1 rings (SSSR count). The van der Waals surface area contributed by atoms with E-state index in [-0.39, 0.29) is 11.9 Å². The van der Waals surface area contributed by atoms with Crippen molar-refractivity contribution in [3.63, 3.8) is 0 Å². The summed E-state index contributed by atoms with van der Waals surface area (Å²) in [5.74, 6) is 0.997. The molecule has 0 saturated carbocycles. The highest BCUT2D eigenvalue weighted by molar-refractivity contribution is 5.77. The summed E-state index contributed by atoms with van der Waals surface area (Å²) >= 11 is 0. The van der Waals surface area contributed by atoms with Crippen molar-refractivity contribution in [2.24, 2.45) is 11.3 Å². The van der Waals surface area contributed by atoms with Crippen molar-refractivity contribution in [2.45, 2.75) is 40.5 Å². The average Bonchev–Trinajstić information content (AvgIpc) is 2.39. The first kappa shape index (κ1) is 16.5. The Labute approximate surface area is 122 Å². The summed E-state index contributed by atoms with van der Waals surface area (Å²) in [6, 6.07) is 7.89. The van der Waals surface area contributed by atoms with Gasteiger partial charge in [0.1, 0.15) is 5.75 Å². The molecule has 0 heterocycles. The number of para-hydroxylation sites is 1. The fourth-order valence-corrected chi connectivity index (χ4v) is 2.95. The standard InChI is InChI=1S/C17H26O3/c1-7-20-16(18)17(4,5)15(12(2)3)13-10-8-9-11-14(13)19-6/h8-12,15H,7H2,1-6H3. The number of ether oxygens (including phenoxy) is 2. The molecule has 0 spiro atoms. The van der Waals surface area contributed by atoms with Crippen LogP contribution in [0.3, 0.4) is 0 Å². The number of esters is 1. The van der Waals surface area contributed by atoms with E-state index in [4.69, 9.17) is 9.47 Å². The van der Waals surface area contributed by atoms with Gasteiger partial charge in [-0.05, 0) is 38.3 Å². The van der Waals surface area contributed by atoms with Gasteiger partial charge in [0.2, 0.25) is 0 Å². The van der Waals surface area contributed by atoms with Crippen molar-refractivity contribution < 1.29 is 14.3 Å². The van der Waals surface area contributed by atoms with Crippen LogP contribution in [0.5, 0.6) is 5.75 Å². The Morgan fingerprint density at radius 2 is 1.85 bits per heavy atom. The molecule has 0 aliphatic carbocycles. The normalized spacial score (nSPS) is 13.2. The SMILES string of the molecule is CCOC(=O)C(C)(C)C(c1ccccc1OC)C(C)C. The molecule has 3 nitrogen and oxygen atoms in total. The molecule has 0 radical (unpaired) electrons. The molecule has 0 amide bonds. The van der Waals surface area contributed by atoms with E-state index >= 15 is 0 Å². The Kier molecular flexibility index (Phi) is 5.61. The molecule has 0 bridgehead atoms. The van der Waals surface area contributed by atoms with Gasteiger partial charge in [-0.1, -0.05) is 32.0 Å². The van der Waals surface area contributed by atoms with Crippen molar-refractivity contribution in [3.8, 4) is 5.75 Å². The van der Waals surface area contributed by atoms with Crippen molar-refractivity contribution >= 4 is 5.97 Å². The maximum atomic E-state index is 12.3. The highest BCUT2D eigenvalue weighted by Gasteiger charge is 2.41. The van der Waals surface area contributed by atoms with Crippen LogP contribution in [0.2, 0.25) is 0 Å². The van der Waals surface area contributed by atoms with Crippen molar-refractivity contribution in [3.05, 3.63) is 29.8 Å². The molecule has 1 atom stereocenters. The summed E-state index contributed by atoms with van der Waals surface area (Å²) in [6.07, 6.45) is 0. The molecule has 0 fully saturated rings. The number of carbonyl (C=O) groups excluding carboxylic acids is 1. The van der Waals surface area contributed by atoms with E-state index in [1.54, 1.807) is 7.11 Å². The predicted octanol–water partition coefficient (Wildman–Crippen LogP) is 4.02. The maximum absolute atomic E-state index is 12.3. The fourth-order valence-electron chi connectivity index (χ4n) is 2.95. The lowest BCUT2D eigenvalue weighted by atomic mass is 9.69. The van der Waals surface area contributed by atoms with Crippen molar-refractivity contribution in [1.82, 2.24) is 0 Å². The van der Waals surface area contributed by atoms with E-state index in [2.05, 4.69) is 13.8 Å². The lowest BCUT2D eigenvalue weighted by molar-refractivity contribution is -0.155. The summed E-state index contributed by atoms with van der Waals surface area (Å²) < 4.78 is 10.7. The second-order valence-electron chi connectivity index (χ2n) is 5.91. The van der Waals surface area contributed by atoms with E-state index in [1.165, 1.54) is 0 Å². The number of hydrogen-bond donors (Lipinski definition) is 0. The predicted molar refractivity (Wildman–Crippen MR) is 81.0 cm³/mol. The second kappa shape index (κ2) is 6.78. The summed E-state index contributed by atoms with van der Waals surface area (Å²) in [6.45, 7) is 10.4. The summed E-state index contributed by atoms with van der Waals surface area (Å²) in [5, 5.41) is 0. The monoisotopic (exact) mass is 278 g/mol. The van der Waals surface area contributed by atoms with Crippen LogP contribution in [-0.4, -0.2) is 19.7 Å². The minimum atomic E-state index is -0.598. The Bertz CT molecular complexity index is 449. The van der Waals surface area contributed by atoms with E-state index in [1.807, 2.05) is 45.0 Å². The third-order valence-corrected chi connectivity index (χ3v) is 3.72. The van der Waals surface area contributed by atoms with E-state index in [0.717, 1.165) is 11.3 Å². The quantitative estimate of drug-likeness (QED) is 0.737. The topological polar surface area (TPSA) is 35.5 Å². The third-order valence-electron chi connectivity index (χ3n) is 3.72. The van der Waals surface area contributed by atoms with Gasteiger partial charge in [-0.3, -0.25) is 4.79 Å². The lowest BCUT2D eigenvalue weighted by Gasteiger charge is -2.36. The van der Waals surface area contributed by atoms with Crippen LogP contribution in [0.1, 0.15) is 46.1 Å². The molecule has 1 unspecified atom stereocenters. The van der Waals surface area contributed by atoms with Gasteiger partial charge in [-0.25, -0.2) is 0 Å². The lowest BCUT2D eigenvalue weighted by Crippen LogP contribution is -2.36. The van der Waals surface area contributed by atoms with E-state index < -0.39 is 5.41 Å². The van der Waals surface area contributed by atoms with Gasteiger partial charge in [-0.15, -0.1) is 0 Å². The minimum Gasteiger partial charge on any atom is -0.496 e. The van der Waals surface area contributed by atoms with Gasteiger partial charge >= 0.3 is 5.97 Å². The van der Waals surface area contributed by atoms with Crippen LogP contribution in [0.25, 0.3) is 0 Å². The summed E-state index contributed by atoms with van der Waals surface area (Å²) in [5.41, 5.74) is 0.460. The summed E-state index contributed by atoms with van der Waals surface area (Å²) in [4.78, 5) is 12.3. The highest BCUT2D eigenvalue weighted by Crippen LogP contribution is 2.45. The van der Waals surface area contributed by atoms with Crippen LogP contribution in [0.4, 0.5) is 0 Å². The molecular weight excluding hydrogens is 252 g/mol.